The Balaban J connectivity index is 2.14. The van der Waals surface area contributed by atoms with Gasteiger partial charge in [0.25, 0.3) is 0 Å². The van der Waals surface area contributed by atoms with E-state index in [1.807, 2.05) is 0 Å². The quantitative estimate of drug-likeness (QED) is 0.148. The topological polar surface area (TPSA) is 197 Å². The van der Waals surface area contributed by atoms with Crippen LogP contribution in [0.4, 0.5) is 5.69 Å². The van der Waals surface area contributed by atoms with Gasteiger partial charge >= 0.3 is 239 Å². The summed E-state index contributed by atoms with van der Waals surface area (Å²) in [6.45, 7) is -0.648. The number of anilines is 1. The van der Waals surface area contributed by atoms with E-state index in [9.17, 15) is 24.0 Å². The van der Waals surface area contributed by atoms with Gasteiger partial charge in [0.2, 0.25) is 0 Å². The number of aliphatic carboxylic acids is 2. The van der Waals surface area contributed by atoms with Crippen LogP contribution in [0.3, 0.4) is 0 Å². The fourth-order valence-electron chi connectivity index (χ4n) is 3.01. The standard InChI is InChI=1S/C24H27ClN4O8SSe/c1-37-18-7-3-6-15(22(33)28-14-5-2-4-13(25)10-14)21(18)39-38-12-17(23(34)27-11-20(31)32)29-19(30)9-8-16(26)24(35)36/h2-7,10,16-17H,8-9,11-12,26H2,1H3,(H,27,34)(H,28,33)(H,29,30)(H,31,32)(H,35,36). The number of ether oxygens (including phenoxy) is 1. The number of nitrogens with two attached hydrogens (primary N) is 1. The van der Waals surface area contributed by atoms with Crippen molar-refractivity contribution in [3.63, 3.8) is 0 Å². The van der Waals surface area contributed by atoms with Crippen molar-refractivity contribution in [2.45, 2.75) is 24.9 Å². The third kappa shape index (κ3) is 10.8. The van der Waals surface area contributed by atoms with Crippen molar-refractivity contribution in [1.82, 2.24) is 10.6 Å². The molecule has 2 rings (SSSR count). The first-order valence-electron chi connectivity index (χ1n) is 11.3. The van der Waals surface area contributed by atoms with Gasteiger partial charge in [-0.2, -0.15) is 0 Å². The molecule has 2 unspecified atom stereocenters. The van der Waals surface area contributed by atoms with Crippen LogP contribution in [0, 0.1) is 0 Å². The zero-order valence-electron chi connectivity index (χ0n) is 20.6. The molecular formula is C24H27ClN4O8SSe. The molecule has 0 aliphatic carbocycles. The van der Waals surface area contributed by atoms with E-state index < -0.39 is 62.1 Å². The molecule has 7 N–H and O–H groups in total. The molecule has 0 saturated carbocycles. The Morgan fingerprint density at radius 2 is 1.85 bits per heavy atom. The second-order valence-corrected chi connectivity index (χ2v) is 12.4. The average Bonchev–Trinajstić information content (AvgIpc) is 2.89. The third-order valence-corrected chi connectivity index (χ3v) is 9.49. The van der Waals surface area contributed by atoms with Crippen molar-refractivity contribution in [3.05, 3.63) is 53.1 Å². The third-order valence-electron chi connectivity index (χ3n) is 4.97. The van der Waals surface area contributed by atoms with Gasteiger partial charge in [0.1, 0.15) is 0 Å². The first-order chi connectivity index (χ1) is 18.5. The molecule has 2 atom stereocenters. The van der Waals surface area contributed by atoms with Crippen molar-refractivity contribution in [3.8, 4) is 5.75 Å². The number of carbonyl (C=O) groups is 5. The second kappa shape index (κ2) is 16.0. The van der Waals surface area contributed by atoms with Crippen LogP contribution in [0.5, 0.6) is 5.75 Å². The van der Waals surface area contributed by atoms with E-state index >= 15 is 0 Å². The van der Waals surface area contributed by atoms with Crippen LogP contribution in [0.25, 0.3) is 0 Å². The molecule has 2 aromatic rings. The zero-order valence-corrected chi connectivity index (χ0v) is 23.9. The van der Waals surface area contributed by atoms with Crippen molar-refractivity contribution in [2.24, 2.45) is 5.73 Å². The molecule has 0 bridgehead atoms. The van der Waals surface area contributed by atoms with Gasteiger partial charge in [-0.3, -0.25) is 0 Å². The van der Waals surface area contributed by atoms with Crippen molar-refractivity contribution in [1.29, 1.82) is 0 Å². The molecule has 12 nitrogen and oxygen atoms in total. The maximum absolute atomic E-state index is 13.1. The number of methoxy groups -OCH3 is 1. The molecule has 0 saturated heterocycles. The maximum atomic E-state index is 13.1. The van der Waals surface area contributed by atoms with Gasteiger partial charge in [0.05, 0.1) is 0 Å². The Kier molecular flexibility index (Phi) is 13.1. The average molecular weight is 646 g/mol. The molecule has 210 valence electrons. The van der Waals surface area contributed by atoms with E-state index in [2.05, 4.69) is 16.0 Å². The molecule has 0 fully saturated rings. The van der Waals surface area contributed by atoms with Gasteiger partial charge in [-0.05, 0) is 0 Å². The van der Waals surface area contributed by atoms with Crippen LogP contribution < -0.4 is 30.9 Å². The second-order valence-electron chi connectivity index (χ2n) is 7.88. The molecule has 0 heterocycles. The van der Waals surface area contributed by atoms with Crippen molar-refractivity contribution in [2.75, 3.05) is 24.7 Å². The van der Waals surface area contributed by atoms with Gasteiger partial charge in [0.15, 0.2) is 0 Å². The summed E-state index contributed by atoms with van der Waals surface area (Å²) in [7, 11) is 2.72. The summed E-state index contributed by atoms with van der Waals surface area (Å²) in [5.74, 6) is -3.77. The number of halogens is 1. The Bertz CT molecular complexity index is 1220. The normalized spacial score (nSPS) is 12.1. The summed E-state index contributed by atoms with van der Waals surface area (Å²) in [5.41, 5.74) is 6.28. The molecule has 15 heteroatoms. The van der Waals surface area contributed by atoms with Crippen LogP contribution in [-0.2, 0) is 19.2 Å². The van der Waals surface area contributed by atoms with Crippen LogP contribution in [0.2, 0.25) is 5.02 Å². The molecular weight excluding hydrogens is 619 g/mol. The Hall–Kier alpha value is -3.29. The number of hydrogen-bond acceptors (Lipinski definition) is 8. The fraction of sp³-hybridized carbons (Fsp3) is 0.292. The van der Waals surface area contributed by atoms with E-state index in [1.54, 1.807) is 42.5 Å². The fourth-order valence-corrected chi connectivity index (χ4v) is 7.69. The molecule has 0 radical (unpaired) electrons. The number of nitrogens with one attached hydrogen (secondary N) is 3. The van der Waals surface area contributed by atoms with E-state index in [0.29, 0.717) is 26.5 Å². The summed E-state index contributed by atoms with van der Waals surface area (Å²) in [6, 6.07) is 9.29. The predicted octanol–water partition coefficient (Wildman–Crippen LogP) is 0.456. The molecule has 0 aromatic heterocycles. The zero-order chi connectivity index (χ0) is 28.9. The SMILES string of the molecule is COc1cccc(C(=O)Nc2cccc(Cl)c2)c1[Se]SCC(NC(=O)CCC(N)C(=O)O)C(=O)NCC(=O)O. The minimum atomic E-state index is -1.26. The van der Waals surface area contributed by atoms with E-state index in [0.717, 1.165) is 0 Å². The first-order valence-corrected chi connectivity index (χ1v) is 15.6. The molecule has 39 heavy (non-hydrogen) atoms. The summed E-state index contributed by atoms with van der Waals surface area (Å²) in [4.78, 5) is 59.8. The monoisotopic (exact) mass is 646 g/mol. The summed E-state index contributed by atoms with van der Waals surface area (Å²) >= 11 is 5.51. The Morgan fingerprint density at radius 1 is 1.13 bits per heavy atom. The van der Waals surface area contributed by atoms with E-state index in [1.165, 1.54) is 17.3 Å². The summed E-state index contributed by atoms with van der Waals surface area (Å²) in [6.07, 6.45) is -0.389. The van der Waals surface area contributed by atoms with Crippen LogP contribution in [0.15, 0.2) is 42.5 Å². The number of carboxylic acids is 2. The van der Waals surface area contributed by atoms with Crippen LogP contribution >= 0.6 is 21.8 Å². The van der Waals surface area contributed by atoms with Gasteiger partial charge in [-0.25, -0.2) is 0 Å². The predicted molar refractivity (Wildman–Crippen MR) is 148 cm³/mol. The van der Waals surface area contributed by atoms with E-state index in [-0.39, 0.29) is 18.6 Å². The first kappa shape index (κ1) is 31.9. The molecule has 3 amide bonds. The Labute approximate surface area is 238 Å². The van der Waals surface area contributed by atoms with Crippen molar-refractivity contribution < 1.29 is 38.9 Å². The summed E-state index contributed by atoms with van der Waals surface area (Å²) in [5, 5.41) is 25.7. The van der Waals surface area contributed by atoms with Gasteiger partial charge in [0, 0.05) is 0 Å². The number of carbonyl (C=O) groups excluding carboxylic acids is 3. The van der Waals surface area contributed by atoms with E-state index in [4.69, 9.17) is 32.3 Å². The number of benzene rings is 2. The minimum absolute atomic E-state index is 0.0373. The molecule has 2 aromatic carbocycles. The summed E-state index contributed by atoms with van der Waals surface area (Å²) < 4.78 is 6.04. The Morgan fingerprint density at radius 3 is 2.49 bits per heavy atom. The molecule has 0 aliphatic heterocycles. The molecule has 0 spiro atoms. The number of hydrogen-bond donors (Lipinski definition) is 6. The van der Waals surface area contributed by atoms with Gasteiger partial charge < -0.3 is 0 Å². The number of amides is 3. The van der Waals surface area contributed by atoms with Crippen molar-refractivity contribution >= 4 is 75.4 Å². The van der Waals surface area contributed by atoms with Crippen LogP contribution in [0.1, 0.15) is 23.2 Å². The molecule has 0 aliphatic rings. The number of rotatable bonds is 15. The number of carboxylic acid groups (broad SMARTS) is 2. The van der Waals surface area contributed by atoms with Gasteiger partial charge in [-0.1, -0.05) is 0 Å². The van der Waals surface area contributed by atoms with Gasteiger partial charge in [-0.15, -0.1) is 0 Å². The van der Waals surface area contributed by atoms with Crippen LogP contribution in [-0.4, -0.2) is 85.2 Å².